The van der Waals surface area contributed by atoms with Crippen LogP contribution < -0.4 is 10.1 Å². The van der Waals surface area contributed by atoms with Gasteiger partial charge >= 0.3 is 0 Å². The molecular weight excluding hydrogens is 268 g/mol. The van der Waals surface area contributed by atoms with E-state index >= 15 is 0 Å². The van der Waals surface area contributed by atoms with Crippen molar-refractivity contribution < 1.29 is 14.6 Å². The maximum Gasteiger partial charge on any atom is 0.255 e. The Morgan fingerprint density at radius 1 is 1.33 bits per heavy atom. The van der Waals surface area contributed by atoms with Crippen molar-refractivity contribution in [2.24, 2.45) is 0 Å². The van der Waals surface area contributed by atoms with Gasteiger partial charge in [-0.2, -0.15) is 5.26 Å². The second-order valence-corrected chi connectivity index (χ2v) is 4.45. The molecule has 5 heteroatoms. The lowest BCUT2D eigenvalue weighted by atomic mass is 10.1. The van der Waals surface area contributed by atoms with Crippen molar-refractivity contribution in [3.05, 3.63) is 53.1 Å². The Labute approximate surface area is 122 Å². The average molecular weight is 282 g/mol. The lowest BCUT2D eigenvalue weighted by molar-refractivity contribution is 0.102. The van der Waals surface area contributed by atoms with Crippen molar-refractivity contribution >= 4 is 11.6 Å². The predicted molar refractivity (Wildman–Crippen MR) is 78.5 cm³/mol. The molecule has 2 rings (SSSR count). The first-order valence-corrected chi connectivity index (χ1v) is 6.25. The number of anilines is 1. The molecule has 0 aliphatic rings. The first kappa shape index (κ1) is 14.4. The molecule has 0 fully saturated rings. The highest BCUT2D eigenvalue weighted by atomic mass is 16.5. The van der Waals surface area contributed by atoms with E-state index in [1.807, 2.05) is 6.07 Å². The van der Waals surface area contributed by atoms with Crippen LogP contribution in [0.5, 0.6) is 11.5 Å². The molecule has 0 saturated heterocycles. The summed E-state index contributed by atoms with van der Waals surface area (Å²) < 4.78 is 5.15. The van der Waals surface area contributed by atoms with Crippen molar-refractivity contribution in [1.82, 2.24) is 0 Å². The second-order valence-electron chi connectivity index (χ2n) is 4.45. The average Bonchev–Trinajstić information content (AvgIpc) is 2.50. The zero-order valence-corrected chi connectivity index (χ0v) is 11.7. The SMILES string of the molecule is COc1cccc(C#N)c1NC(=O)c1ccc(C)c(O)c1. The van der Waals surface area contributed by atoms with Crippen LogP contribution in [0.25, 0.3) is 0 Å². The molecule has 106 valence electrons. The van der Waals surface area contributed by atoms with Gasteiger partial charge in [0.2, 0.25) is 0 Å². The van der Waals surface area contributed by atoms with E-state index in [2.05, 4.69) is 5.32 Å². The molecular formula is C16H14N2O3. The second kappa shape index (κ2) is 5.97. The van der Waals surface area contributed by atoms with Gasteiger partial charge < -0.3 is 15.2 Å². The summed E-state index contributed by atoms with van der Waals surface area (Å²) in [5.41, 5.74) is 1.60. The highest BCUT2D eigenvalue weighted by molar-refractivity contribution is 6.06. The number of ether oxygens (including phenoxy) is 1. The number of hydrogen-bond acceptors (Lipinski definition) is 4. The smallest absolute Gasteiger partial charge is 0.255 e. The molecule has 0 saturated carbocycles. The highest BCUT2D eigenvalue weighted by Crippen LogP contribution is 2.28. The van der Waals surface area contributed by atoms with Gasteiger partial charge in [0.05, 0.1) is 12.7 Å². The quantitative estimate of drug-likeness (QED) is 0.906. The number of amides is 1. The molecule has 0 spiro atoms. The Bertz CT molecular complexity index is 733. The number of para-hydroxylation sites is 1. The van der Waals surface area contributed by atoms with E-state index in [4.69, 9.17) is 10.00 Å². The Kier molecular flexibility index (Phi) is 4.10. The molecule has 0 aliphatic carbocycles. The van der Waals surface area contributed by atoms with Gasteiger partial charge in [0, 0.05) is 5.56 Å². The van der Waals surface area contributed by atoms with Gasteiger partial charge in [-0.1, -0.05) is 12.1 Å². The van der Waals surface area contributed by atoms with Gasteiger partial charge in [0.15, 0.2) is 0 Å². The highest BCUT2D eigenvalue weighted by Gasteiger charge is 2.14. The summed E-state index contributed by atoms with van der Waals surface area (Å²) in [6, 6.07) is 11.6. The van der Waals surface area contributed by atoms with Gasteiger partial charge in [0.25, 0.3) is 5.91 Å². The zero-order chi connectivity index (χ0) is 15.4. The van der Waals surface area contributed by atoms with E-state index < -0.39 is 5.91 Å². The number of benzene rings is 2. The third kappa shape index (κ3) is 2.95. The van der Waals surface area contributed by atoms with E-state index in [-0.39, 0.29) is 5.75 Å². The van der Waals surface area contributed by atoms with Gasteiger partial charge in [0.1, 0.15) is 23.3 Å². The minimum Gasteiger partial charge on any atom is -0.508 e. The number of nitrogens with zero attached hydrogens (tertiary/aromatic N) is 1. The normalized spacial score (nSPS) is 9.76. The molecule has 21 heavy (non-hydrogen) atoms. The van der Waals surface area contributed by atoms with Crippen molar-refractivity contribution in [3.63, 3.8) is 0 Å². The lowest BCUT2D eigenvalue weighted by Gasteiger charge is -2.12. The number of methoxy groups -OCH3 is 1. The number of aryl methyl sites for hydroxylation is 1. The molecule has 0 heterocycles. The number of nitriles is 1. The fraction of sp³-hybridized carbons (Fsp3) is 0.125. The van der Waals surface area contributed by atoms with Crippen LogP contribution in [0.4, 0.5) is 5.69 Å². The van der Waals surface area contributed by atoms with Crippen molar-refractivity contribution in [3.8, 4) is 17.6 Å². The van der Waals surface area contributed by atoms with Gasteiger partial charge in [-0.3, -0.25) is 4.79 Å². The predicted octanol–water partition coefficient (Wildman–Crippen LogP) is 2.83. The van der Waals surface area contributed by atoms with Gasteiger partial charge in [-0.15, -0.1) is 0 Å². The van der Waals surface area contributed by atoms with Crippen LogP contribution in [-0.4, -0.2) is 18.1 Å². The number of aromatic hydroxyl groups is 1. The molecule has 0 aromatic heterocycles. The van der Waals surface area contributed by atoms with Crippen molar-refractivity contribution in [2.75, 3.05) is 12.4 Å². The Balaban J connectivity index is 2.36. The molecule has 0 unspecified atom stereocenters. The number of carbonyl (C=O) groups excluding carboxylic acids is 1. The monoisotopic (exact) mass is 282 g/mol. The van der Waals surface area contributed by atoms with Crippen LogP contribution in [0.3, 0.4) is 0 Å². The van der Waals surface area contributed by atoms with E-state index in [1.54, 1.807) is 37.3 Å². The largest absolute Gasteiger partial charge is 0.508 e. The maximum absolute atomic E-state index is 12.2. The summed E-state index contributed by atoms with van der Waals surface area (Å²) in [7, 11) is 1.46. The summed E-state index contributed by atoms with van der Waals surface area (Å²) in [6.07, 6.45) is 0. The number of phenols is 1. The van der Waals surface area contributed by atoms with Crippen LogP contribution in [-0.2, 0) is 0 Å². The Morgan fingerprint density at radius 2 is 2.10 bits per heavy atom. The first-order valence-electron chi connectivity index (χ1n) is 6.25. The third-order valence-corrected chi connectivity index (χ3v) is 3.08. The van der Waals surface area contributed by atoms with E-state index in [9.17, 15) is 9.90 Å². The molecule has 0 bridgehead atoms. The van der Waals surface area contributed by atoms with Crippen LogP contribution >= 0.6 is 0 Å². The zero-order valence-electron chi connectivity index (χ0n) is 11.7. The number of phenolic OH excluding ortho intramolecular Hbond substituents is 1. The standard InChI is InChI=1S/C16H14N2O3/c1-10-6-7-11(8-13(10)19)16(20)18-15-12(9-17)4-3-5-14(15)21-2/h3-8,19H,1-2H3,(H,18,20). The number of carbonyl (C=O) groups is 1. The van der Waals surface area contributed by atoms with Crippen LogP contribution in [0.1, 0.15) is 21.5 Å². The molecule has 0 atom stereocenters. The minimum absolute atomic E-state index is 0.0446. The molecule has 5 nitrogen and oxygen atoms in total. The number of hydrogen-bond donors (Lipinski definition) is 2. The summed E-state index contributed by atoms with van der Waals surface area (Å²) in [5, 5.41) is 21.4. The van der Waals surface area contributed by atoms with E-state index in [1.165, 1.54) is 13.2 Å². The minimum atomic E-state index is -0.425. The lowest BCUT2D eigenvalue weighted by Crippen LogP contribution is -2.13. The van der Waals surface area contributed by atoms with Crippen LogP contribution in [0, 0.1) is 18.3 Å². The van der Waals surface area contributed by atoms with E-state index in [0.717, 1.165) is 0 Å². The molecule has 2 N–H and O–H groups in total. The van der Waals surface area contributed by atoms with Crippen molar-refractivity contribution in [1.29, 1.82) is 5.26 Å². The van der Waals surface area contributed by atoms with E-state index in [0.29, 0.717) is 28.1 Å². The maximum atomic E-state index is 12.2. The molecule has 2 aromatic carbocycles. The molecule has 0 aliphatic heterocycles. The number of rotatable bonds is 3. The summed E-state index contributed by atoms with van der Waals surface area (Å²) >= 11 is 0. The van der Waals surface area contributed by atoms with Crippen LogP contribution in [0.15, 0.2) is 36.4 Å². The third-order valence-electron chi connectivity index (χ3n) is 3.08. The Morgan fingerprint density at radius 3 is 2.71 bits per heavy atom. The summed E-state index contributed by atoms with van der Waals surface area (Å²) in [4.78, 5) is 12.2. The van der Waals surface area contributed by atoms with Crippen molar-refractivity contribution in [2.45, 2.75) is 6.92 Å². The van der Waals surface area contributed by atoms with Gasteiger partial charge in [-0.25, -0.2) is 0 Å². The molecule has 2 aromatic rings. The summed E-state index contributed by atoms with van der Waals surface area (Å²) in [5.74, 6) is 0.0215. The first-order chi connectivity index (χ1) is 10.1. The Hall–Kier alpha value is -3.00. The topological polar surface area (TPSA) is 82.3 Å². The fourth-order valence-electron chi connectivity index (χ4n) is 1.86. The van der Waals surface area contributed by atoms with Gasteiger partial charge in [-0.05, 0) is 36.8 Å². The number of nitrogens with one attached hydrogen (secondary N) is 1. The fourth-order valence-corrected chi connectivity index (χ4v) is 1.86. The van der Waals surface area contributed by atoms with Crippen LogP contribution in [0.2, 0.25) is 0 Å². The molecule has 0 radical (unpaired) electrons. The summed E-state index contributed by atoms with van der Waals surface area (Å²) in [6.45, 7) is 1.74. The molecule has 1 amide bonds.